The molecule has 0 bridgehead atoms. The van der Waals surface area contributed by atoms with E-state index in [-0.39, 0.29) is 28.4 Å². The first-order valence-corrected chi connectivity index (χ1v) is 35.0. The molecule has 98 heavy (non-hydrogen) atoms. The molecule has 0 N–H and O–H groups in total. The molecule has 0 amide bonds. The fraction of sp³-hybridized carbons (Fsp3) is 0.170. The van der Waals surface area contributed by atoms with E-state index in [1.165, 1.54) is 128 Å². The van der Waals surface area contributed by atoms with Gasteiger partial charge in [-0.3, -0.25) is 0 Å². The Bertz CT molecular complexity index is 5060. The van der Waals surface area contributed by atoms with Gasteiger partial charge in [-0.2, -0.15) is 0 Å². The third-order valence-electron chi connectivity index (χ3n) is 20.7. The summed E-state index contributed by atoms with van der Waals surface area (Å²) >= 11 is 0. The van der Waals surface area contributed by atoms with Crippen molar-refractivity contribution in [1.82, 2.24) is 4.57 Å². The molecule has 1 aromatic heterocycles. The zero-order valence-electron chi connectivity index (χ0n) is 58.6. The van der Waals surface area contributed by atoms with Crippen molar-refractivity contribution in [1.29, 1.82) is 0 Å². The van der Waals surface area contributed by atoms with Crippen LogP contribution in [0.15, 0.2) is 291 Å². The molecule has 2 aliphatic heterocycles. The van der Waals surface area contributed by atoms with Crippen LogP contribution >= 0.6 is 0 Å². The molecule has 0 saturated carbocycles. The van der Waals surface area contributed by atoms with E-state index < -0.39 is 0 Å². The van der Waals surface area contributed by atoms with Gasteiger partial charge in [0.1, 0.15) is 0 Å². The van der Waals surface area contributed by atoms with Crippen LogP contribution in [0.3, 0.4) is 0 Å². The van der Waals surface area contributed by atoms with Crippen LogP contribution in [-0.4, -0.2) is 11.3 Å². The Morgan fingerprint density at radius 3 is 0.857 bits per heavy atom. The van der Waals surface area contributed by atoms with Gasteiger partial charge in [0.2, 0.25) is 0 Å². The molecular weight excluding hydrogens is 1180 g/mol. The lowest BCUT2D eigenvalue weighted by atomic mass is 9.33. The van der Waals surface area contributed by atoms with Gasteiger partial charge in [0.25, 0.3) is 6.71 Å². The van der Waals surface area contributed by atoms with Crippen LogP contribution in [0.1, 0.15) is 105 Å². The summed E-state index contributed by atoms with van der Waals surface area (Å²) in [5, 5.41) is 2.40. The Hall–Kier alpha value is -10.7. The molecule has 13 aromatic carbocycles. The molecule has 14 aromatic rings. The minimum absolute atomic E-state index is 0.151. The Labute approximate surface area is 580 Å². The summed E-state index contributed by atoms with van der Waals surface area (Å²) in [7, 11) is 0. The lowest BCUT2D eigenvalue weighted by Gasteiger charge is -2.46. The molecule has 0 saturated heterocycles. The van der Waals surface area contributed by atoms with Crippen LogP contribution in [-0.2, 0) is 21.7 Å². The van der Waals surface area contributed by atoms with Crippen molar-refractivity contribution in [3.05, 3.63) is 313 Å². The molecule has 3 nitrogen and oxygen atoms in total. The van der Waals surface area contributed by atoms with Gasteiger partial charge in [-0.05, 0) is 200 Å². The number of hydrogen-bond acceptors (Lipinski definition) is 2. The Kier molecular flexibility index (Phi) is 14.9. The lowest BCUT2D eigenvalue weighted by molar-refractivity contribution is 0.591. The maximum Gasteiger partial charge on any atom is 0.252 e. The van der Waals surface area contributed by atoms with Crippen molar-refractivity contribution in [3.63, 3.8) is 0 Å². The van der Waals surface area contributed by atoms with Crippen molar-refractivity contribution < 1.29 is 0 Å². The topological polar surface area (TPSA) is 11.4 Å². The predicted octanol–water partition coefficient (Wildman–Crippen LogP) is 24.1. The summed E-state index contributed by atoms with van der Waals surface area (Å²) in [6.45, 7) is 28.3. The lowest BCUT2D eigenvalue weighted by Crippen LogP contribution is -2.62. The number of aromatic nitrogens is 1. The molecule has 478 valence electrons. The monoisotopic (exact) mass is 1270 g/mol. The smallest absolute Gasteiger partial charge is 0.252 e. The molecule has 2 aliphatic rings. The van der Waals surface area contributed by atoms with Crippen LogP contribution in [0.4, 0.5) is 34.1 Å². The molecule has 0 aliphatic carbocycles. The fourth-order valence-electron chi connectivity index (χ4n) is 16.0. The van der Waals surface area contributed by atoms with Gasteiger partial charge in [-0.1, -0.05) is 301 Å². The minimum Gasteiger partial charge on any atom is -0.311 e. The highest BCUT2D eigenvalue weighted by atomic mass is 15.2. The SMILES string of the molecule is CC(C)(C)c1ccc(N2c3cc(-c4ccccc4)c(C(C)(C)C)cc3B3c4cc(C(C)(C)C)c(-c5ccccc5)cc4N(c4ccc(C(C)(C)C)c(-c5ccccc5)c4)c4cc(-n5c6ccc(-c7ccccc7)cc6c6cc(-c7ccccc7)ccc65)cc2c43)cc1-c1ccccc1. The van der Waals surface area contributed by atoms with Crippen molar-refractivity contribution in [2.75, 3.05) is 9.80 Å². The van der Waals surface area contributed by atoms with Gasteiger partial charge < -0.3 is 14.4 Å². The maximum atomic E-state index is 2.67. The van der Waals surface area contributed by atoms with Gasteiger partial charge in [0.05, 0.1) is 16.7 Å². The molecular formula is C94H84BN3. The first-order chi connectivity index (χ1) is 47.2. The normalized spacial score (nSPS) is 13.0. The maximum absolute atomic E-state index is 2.67. The summed E-state index contributed by atoms with van der Waals surface area (Å²) in [5.74, 6) is 0. The van der Waals surface area contributed by atoms with Gasteiger partial charge in [-0.25, -0.2) is 0 Å². The standard InChI is InChI=1S/C94H84BN3/c1-91(2,3)78-47-45-69(53-72(78)63-35-23-15-24-36-63)96-86-57-74(65-39-27-17-28-40-65)80(93(7,8)9)59-82(86)95-83-60-81(94(10,11)12)75(66-41-29-18-30-42-66)58-87(83)97(70-46-48-79(92(4,5)6)73(54-70)64-37-25-16-26-38-64)89-56-71(55-88(96)90(89)95)98-84-49-43-67(61-31-19-13-20-32-61)51-76(84)77-52-68(44-50-85(77)98)62-33-21-14-22-34-62/h13-60H,1-12H3. The highest BCUT2D eigenvalue weighted by Crippen LogP contribution is 2.52. The molecule has 0 spiro atoms. The third-order valence-corrected chi connectivity index (χ3v) is 20.7. The number of anilines is 6. The van der Waals surface area contributed by atoms with E-state index in [0.29, 0.717) is 0 Å². The minimum atomic E-state index is -0.232. The highest BCUT2D eigenvalue weighted by Gasteiger charge is 2.46. The van der Waals surface area contributed by atoms with Crippen molar-refractivity contribution in [3.8, 4) is 72.4 Å². The van der Waals surface area contributed by atoms with Crippen molar-refractivity contribution >= 4 is 79.0 Å². The third kappa shape index (κ3) is 10.8. The fourth-order valence-corrected chi connectivity index (χ4v) is 16.0. The van der Waals surface area contributed by atoms with E-state index in [9.17, 15) is 0 Å². The molecule has 4 heteroatoms. The summed E-state index contributed by atoms with van der Waals surface area (Å²) in [5.41, 5.74) is 33.0. The van der Waals surface area contributed by atoms with E-state index in [2.05, 4.69) is 389 Å². The molecule has 16 rings (SSSR count). The Morgan fingerprint density at radius 2 is 0.541 bits per heavy atom. The molecule has 0 radical (unpaired) electrons. The second-order valence-corrected chi connectivity index (χ2v) is 31.4. The predicted molar refractivity (Wildman–Crippen MR) is 422 cm³/mol. The largest absolute Gasteiger partial charge is 0.311 e. The average Bonchev–Trinajstić information content (AvgIpc) is 0.783. The zero-order chi connectivity index (χ0) is 67.6. The molecule has 0 unspecified atom stereocenters. The number of hydrogen-bond donors (Lipinski definition) is 0. The Morgan fingerprint density at radius 1 is 0.235 bits per heavy atom. The first kappa shape index (κ1) is 62.2. The zero-order valence-corrected chi connectivity index (χ0v) is 58.6. The number of benzene rings is 13. The number of rotatable bonds is 9. The van der Waals surface area contributed by atoms with Crippen LogP contribution in [0.2, 0.25) is 0 Å². The molecule has 0 atom stereocenters. The first-order valence-electron chi connectivity index (χ1n) is 35.0. The quantitative estimate of drug-likeness (QED) is 0.133. The second-order valence-electron chi connectivity index (χ2n) is 31.4. The van der Waals surface area contributed by atoms with Gasteiger partial charge in [0.15, 0.2) is 0 Å². The molecule has 0 fully saturated rings. The van der Waals surface area contributed by atoms with E-state index in [4.69, 9.17) is 0 Å². The number of fused-ring (bicyclic) bond motifs is 7. The molecule has 3 heterocycles. The van der Waals surface area contributed by atoms with Crippen molar-refractivity contribution in [2.24, 2.45) is 0 Å². The van der Waals surface area contributed by atoms with Crippen LogP contribution < -0.4 is 26.2 Å². The van der Waals surface area contributed by atoms with Crippen LogP contribution in [0, 0.1) is 0 Å². The van der Waals surface area contributed by atoms with Gasteiger partial charge in [0, 0.05) is 44.9 Å². The van der Waals surface area contributed by atoms with Crippen LogP contribution in [0.25, 0.3) is 94.3 Å². The van der Waals surface area contributed by atoms with E-state index in [1.807, 2.05) is 0 Å². The van der Waals surface area contributed by atoms with Gasteiger partial charge >= 0.3 is 0 Å². The summed E-state index contributed by atoms with van der Waals surface area (Å²) in [4.78, 5) is 5.34. The van der Waals surface area contributed by atoms with E-state index >= 15 is 0 Å². The van der Waals surface area contributed by atoms with Crippen molar-refractivity contribution in [2.45, 2.75) is 105 Å². The summed E-state index contributed by atoms with van der Waals surface area (Å²) < 4.78 is 2.58. The summed E-state index contributed by atoms with van der Waals surface area (Å²) in [6, 6.07) is 111. The average molecular weight is 1270 g/mol. The van der Waals surface area contributed by atoms with Crippen LogP contribution in [0.5, 0.6) is 0 Å². The highest BCUT2D eigenvalue weighted by molar-refractivity contribution is 7.00. The van der Waals surface area contributed by atoms with E-state index in [1.54, 1.807) is 0 Å². The Balaban J connectivity index is 1.10. The summed E-state index contributed by atoms with van der Waals surface area (Å²) in [6.07, 6.45) is 0. The van der Waals surface area contributed by atoms with E-state index in [0.717, 1.165) is 39.5 Å². The second kappa shape index (κ2) is 23.6. The van der Waals surface area contributed by atoms with Gasteiger partial charge in [-0.15, -0.1) is 0 Å². The number of nitrogens with zero attached hydrogens (tertiary/aromatic N) is 3.